The lowest BCUT2D eigenvalue weighted by atomic mass is 10.3. The molecule has 18 heavy (non-hydrogen) atoms. The van der Waals surface area contributed by atoms with E-state index in [1.54, 1.807) is 0 Å². The maximum absolute atomic E-state index is 5.50. The second-order valence-corrected chi connectivity index (χ2v) is 6.00. The highest BCUT2D eigenvalue weighted by molar-refractivity contribution is 6.44. The second kappa shape index (κ2) is 12.6. The van der Waals surface area contributed by atoms with Gasteiger partial charge in [-0.3, -0.25) is 0 Å². The molecule has 0 atom stereocenters. The maximum Gasteiger partial charge on any atom is 0.321 e. The van der Waals surface area contributed by atoms with Gasteiger partial charge in [0.05, 0.1) is 0 Å². The van der Waals surface area contributed by atoms with Crippen molar-refractivity contribution >= 4 is 15.0 Å². The van der Waals surface area contributed by atoms with Gasteiger partial charge < -0.3 is 14.6 Å². The topological polar surface area (TPSA) is 44.5 Å². The lowest BCUT2D eigenvalue weighted by molar-refractivity contribution is 0.213. The third-order valence-electron chi connectivity index (χ3n) is 2.30. The quantitative estimate of drug-likeness (QED) is 0.610. The first-order valence-corrected chi connectivity index (χ1v) is 8.54. The van der Waals surface area contributed by atoms with Crippen LogP contribution in [0.1, 0.15) is 33.6 Å². The summed E-state index contributed by atoms with van der Waals surface area (Å²) < 4.78 is 11.0. The van der Waals surface area contributed by atoms with Crippen molar-refractivity contribution in [2.45, 2.75) is 39.7 Å². The molecule has 0 radical (unpaired) electrons. The molecule has 1 rings (SSSR count). The predicted molar refractivity (Wildman–Crippen MR) is 81.0 cm³/mol. The smallest absolute Gasteiger partial charge is 0.321 e. The Kier molecular flexibility index (Phi) is 12.0. The molecule has 4 heteroatoms. The van der Waals surface area contributed by atoms with Crippen LogP contribution in [0.15, 0.2) is 30.3 Å². The van der Waals surface area contributed by atoms with Crippen molar-refractivity contribution in [1.29, 1.82) is 0 Å². The molecule has 2 N–H and O–H groups in total. The summed E-state index contributed by atoms with van der Waals surface area (Å²) in [6.45, 7) is 7.88. The van der Waals surface area contributed by atoms with E-state index in [0.717, 1.165) is 24.9 Å². The molecule has 0 aliphatic heterocycles. The third-order valence-corrected chi connectivity index (χ3v) is 4.59. The van der Waals surface area contributed by atoms with Gasteiger partial charge in [-0.25, -0.2) is 0 Å². The Bertz CT molecular complexity index is 264. The fraction of sp³-hybridized carbons (Fsp3) is 0.571. The second-order valence-electron chi connectivity index (χ2n) is 3.89. The number of hydrogen-bond donors (Lipinski definition) is 1. The van der Waals surface area contributed by atoms with E-state index in [4.69, 9.17) is 14.6 Å². The van der Waals surface area contributed by atoms with E-state index in [2.05, 4.69) is 6.92 Å². The molecule has 0 bridgehead atoms. The van der Waals surface area contributed by atoms with Crippen molar-refractivity contribution in [2.24, 2.45) is 0 Å². The summed E-state index contributed by atoms with van der Waals surface area (Å²) >= 11 is 0. The van der Waals surface area contributed by atoms with Crippen molar-refractivity contribution < 1.29 is 8.85 Å². The third kappa shape index (κ3) is 10.3. The van der Waals surface area contributed by atoms with E-state index in [1.165, 1.54) is 12.8 Å². The average molecular weight is 269 g/mol. The highest BCUT2D eigenvalue weighted by Gasteiger charge is 2.09. The Hall–Kier alpha value is -0.843. The Balaban J connectivity index is 0.000000351. The monoisotopic (exact) mass is 269 g/mol. The van der Waals surface area contributed by atoms with Gasteiger partial charge in [-0.2, -0.15) is 0 Å². The van der Waals surface area contributed by atoms with Gasteiger partial charge in [-0.15, -0.1) is 0 Å². The summed E-state index contributed by atoms with van der Waals surface area (Å²) in [5.41, 5.74) is 6.18. The van der Waals surface area contributed by atoms with Crippen LogP contribution in [-0.4, -0.2) is 22.5 Å². The minimum Gasteiger partial charge on any atom is -0.399 e. The summed E-state index contributed by atoms with van der Waals surface area (Å²) in [5, 5.41) is 0. The molecule has 0 aromatic heterocycles. The minimum atomic E-state index is -1.25. The SMILES string of the molecule is CCCC[SiH](OCC)OCC.Nc1ccccc1. The zero-order valence-corrected chi connectivity index (χ0v) is 13.0. The molecule has 1 aromatic rings. The van der Waals surface area contributed by atoms with E-state index in [9.17, 15) is 0 Å². The number of hydrogen-bond acceptors (Lipinski definition) is 3. The molecule has 0 fully saturated rings. The highest BCUT2D eigenvalue weighted by Crippen LogP contribution is 2.03. The van der Waals surface area contributed by atoms with Gasteiger partial charge in [0.2, 0.25) is 0 Å². The molecule has 104 valence electrons. The van der Waals surface area contributed by atoms with Crippen LogP contribution in [0.25, 0.3) is 0 Å². The van der Waals surface area contributed by atoms with Gasteiger partial charge in [-0.05, 0) is 32.0 Å². The highest BCUT2D eigenvalue weighted by atomic mass is 28.3. The number of nitrogens with two attached hydrogens (primary N) is 1. The van der Waals surface area contributed by atoms with Gasteiger partial charge in [-0.1, -0.05) is 38.0 Å². The summed E-state index contributed by atoms with van der Waals surface area (Å²) in [5.74, 6) is 0. The first kappa shape index (κ1) is 17.2. The largest absolute Gasteiger partial charge is 0.399 e. The molecule has 0 aliphatic rings. The Morgan fingerprint density at radius 3 is 1.89 bits per heavy atom. The minimum absolute atomic E-state index is 0.806. The summed E-state index contributed by atoms with van der Waals surface area (Å²) in [6, 6.07) is 10.7. The van der Waals surface area contributed by atoms with Crippen LogP contribution in [0, 0.1) is 0 Å². The normalized spacial score (nSPS) is 10.0. The lowest BCUT2D eigenvalue weighted by Crippen LogP contribution is -2.22. The molecular formula is C14H27NO2Si. The summed E-state index contributed by atoms with van der Waals surface area (Å²) in [4.78, 5) is 0. The van der Waals surface area contributed by atoms with E-state index in [1.807, 2.05) is 44.2 Å². The molecule has 0 heterocycles. The van der Waals surface area contributed by atoms with E-state index < -0.39 is 9.28 Å². The number of benzene rings is 1. The van der Waals surface area contributed by atoms with Crippen LogP contribution in [0.3, 0.4) is 0 Å². The zero-order valence-electron chi connectivity index (χ0n) is 11.9. The molecule has 0 aliphatic carbocycles. The molecule has 0 unspecified atom stereocenters. The molecule has 0 spiro atoms. The fourth-order valence-electron chi connectivity index (χ4n) is 1.41. The molecular weight excluding hydrogens is 242 g/mol. The van der Waals surface area contributed by atoms with Gasteiger partial charge >= 0.3 is 9.28 Å². The zero-order chi connectivity index (χ0) is 13.6. The maximum atomic E-state index is 5.50. The Labute approximate surface area is 113 Å². The average Bonchev–Trinajstić information content (AvgIpc) is 2.38. The van der Waals surface area contributed by atoms with Crippen molar-refractivity contribution in [3.63, 3.8) is 0 Å². The van der Waals surface area contributed by atoms with E-state index in [-0.39, 0.29) is 0 Å². The van der Waals surface area contributed by atoms with Gasteiger partial charge in [0.1, 0.15) is 0 Å². The molecule has 0 amide bonds. The van der Waals surface area contributed by atoms with Crippen LogP contribution >= 0.6 is 0 Å². The molecule has 3 nitrogen and oxygen atoms in total. The number of rotatable bonds is 7. The van der Waals surface area contributed by atoms with E-state index in [0.29, 0.717) is 0 Å². The Morgan fingerprint density at radius 1 is 1.00 bits per heavy atom. The Morgan fingerprint density at radius 2 is 1.56 bits per heavy atom. The van der Waals surface area contributed by atoms with Crippen molar-refractivity contribution in [3.8, 4) is 0 Å². The molecule has 0 saturated carbocycles. The number of para-hydroxylation sites is 1. The van der Waals surface area contributed by atoms with Crippen molar-refractivity contribution in [1.82, 2.24) is 0 Å². The van der Waals surface area contributed by atoms with Crippen LogP contribution in [0.2, 0.25) is 6.04 Å². The van der Waals surface area contributed by atoms with Crippen molar-refractivity contribution in [3.05, 3.63) is 30.3 Å². The first-order chi connectivity index (χ1) is 8.74. The summed E-state index contributed by atoms with van der Waals surface area (Å²) in [6.07, 6.45) is 2.49. The predicted octanol–water partition coefficient (Wildman–Crippen LogP) is 3.35. The van der Waals surface area contributed by atoms with Crippen LogP contribution in [-0.2, 0) is 8.85 Å². The fourth-order valence-corrected chi connectivity index (χ4v) is 3.33. The summed E-state index contributed by atoms with van der Waals surface area (Å²) in [7, 11) is -1.25. The number of anilines is 1. The van der Waals surface area contributed by atoms with Crippen molar-refractivity contribution in [2.75, 3.05) is 18.9 Å². The van der Waals surface area contributed by atoms with Crippen LogP contribution < -0.4 is 5.73 Å². The molecule has 1 aromatic carbocycles. The van der Waals surface area contributed by atoms with E-state index >= 15 is 0 Å². The van der Waals surface area contributed by atoms with Crippen LogP contribution in [0.4, 0.5) is 5.69 Å². The standard InChI is InChI=1S/C8H20O2Si.C6H7N/c1-4-7-8-11(9-5-2)10-6-3;7-6-4-2-1-3-5-6/h11H,4-8H2,1-3H3;1-5H,7H2. The number of nitrogen functional groups attached to an aromatic ring is 1. The van der Waals surface area contributed by atoms with Crippen LogP contribution in [0.5, 0.6) is 0 Å². The van der Waals surface area contributed by atoms with Gasteiger partial charge in [0.25, 0.3) is 0 Å². The molecule has 0 saturated heterocycles. The van der Waals surface area contributed by atoms with Gasteiger partial charge in [0.15, 0.2) is 0 Å². The lowest BCUT2D eigenvalue weighted by Gasteiger charge is -2.13. The first-order valence-electron chi connectivity index (χ1n) is 6.78. The number of unbranched alkanes of at least 4 members (excludes halogenated alkanes) is 1. The van der Waals surface area contributed by atoms with Gasteiger partial charge in [0, 0.05) is 18.9 Å².